The lowest BCUT2D eigenvalue weighted by molar-refractivity contribution is 0.134. The molecular formula is C25H36IN7. The second-order valence-electron chi connectivity index (χ2n) is 9.00. The maximum absolute atomic E-state index is 4.87. The van der Waals surface area contributed by atoms with Gasteiger partial charge in [-0.15, -0.1) is 34.2 Å². The molecule has 0 aliphatic carbocycles. The van der Waals surface area contributed by atoms with E-state index in [9.17, 15) is 0 Å². The lowest BCUT2D eigenvalue weighted by atomic mass is 9.91. The third-order valence-electron chi connectivity index (χ3n) is 6.01. The van der Waals surface area contributed by atoms with E-state index in [1.54, 1.807) is 0 Å². The Morgan fingerprint density at radius 2 is 1.73 bits per heavy atom. The Bertz CT molecular complexity index is 1040. The fraction of sp³-hybridized carbons (Fsp3) is 0.480. The number of rotatable bonds is 7. The highest BCUT2D eigenvalue weighted by molar-refractivity contribution is 14.0. The summed E-state index contributed by atoms with van der Waals surface area (Å²) in [6.45, 7) is 12.2. The predicted octanol–water partition coefficient (Wildman–Crippen LogP) is 4.08. The van der Waals surface area contributed by atoms with E-state index < -0.39 is 0 Å². The van der Waals surface area contributed by atoms with Gasteiger partial charge in [-0.3, -0.25) is 9.30 Å². The molecule has 0 radical (unpaired) electrons. The van der Waals surface area contributed by atoms with Crippen molar-refractivity contribution in [3.63, 3.8) is 0 Å². The molecule has 2 aromatic heterocycles. The summed E-state index contributed by atoms with van der Waals surface area (Å²) in [6, 6.07) is 14.6. The molecule has 0 amide bonds. The van der Waals surface area contributed by atoms with E-state index in [0.717, 1.165) is 42.4 Å². The summed E-state index contributed by atoms with van der Waals surface area (Å²) in [7, 11) is 0. The maximum Gasteiger partial charge on any atom is 0.191 e. The molecule has 178 valence electrons. The fourth-order valence-electron chi connectivity index (χ4n) is 4.71. The summed E-state index contributed by atoms with van der Waals surface area (Å²) in [4.78, 5) is 7.46. The molecule has 2 unspecified atom stereocenters. The van der Waals surface area contributed by atoms with E-state index >= 15 is 0 Å². The van der Waals surface area contributed by atoms with Crippen LogP contribution in [0.2, 0.25) is 0 Å². The number of hydrogen-bond acceptors (Lipinski definition) is 4. The van der Waals surface area contributed by atoms with Crippen LogP contribution in [0.25, 0.3) is 5.65 Å². The van der Waals surface area contributed by atoms with Gasteiger partial charge in [0.25, 0.3) is 0 Å². The molecule has 33 heavy (non-hydrogen) atoms. The number of benzene rings is 1. The van der Waals surface area contributed by atoms with Crippen molar-refractivity contribution in [2.45, 2.75) is 46.8 Å². The zero-order chi connectivity index (χ0) is 22.3. The van der Waals surface area contributed by atoms with Crippen LogP contribution in [0.15, 0.2) is 53.7 Å². The Hall–Kier alpha value is -2.20. The van der Waals surface area contributed by atoms with Crippen molar-refractivity contribution in [3.8, 4) is 0 Å². The normalized spacial score (nSPS) is 19.3. The van der Waals surface area contributed by atoms with Crippen molar-refractivity contribution >= 4 is 35.6 Å². The number of piperidine rings is 1. The zero-order valence-electron chi connectivity index (χ0n) is 19.9. The van der Waals surface area contributed by atoms with Gasteiger partial charge in [-0.05, 0) is 48.4 Å². The highest BCUT2D eigenvalue weighted by atomic mass is 127. The summed E-state index contributed by atoms with van der Waals surface area (Å²) in [6.07, 6.45) is 3.32. The van der Waals surface area contributed by atoms with E-state index in [1.165, 1.54) is 30.6 Å². The molecule has 1 aliphatic rings. The number of pyridine rings is 1. The van der Waals surface area contributed by atoms with Crippen LogP contribution in [0.4, 0.5) is 0 Å². The third-order valence-corrected chi connectivity index (χ3v) is 6.01. The standard InChI is InChI=1S/C25H35N7.HI/c1-4-26-25(28-15-24-30-29-23-11-7-8-12-32(23)24)27-14-21-9-5-6-10-22(21)18-31-16-19(2)13-20(3)17-31;/h5-12,19-20H,4,13-18H2,1-3H3,(H2,26,27,28);1H. The minimum absolute atomic E-state index is 0. The average molecular weight is 562 g/mol. The van der Waals surface area contributed by atoms with Crippen molar-refractivity contribution in [1.82, 2.24) is 30.1 Å². The largest absolute Gasteiger partial charge is 0.357 e. The summed E-state index contributed by atoms with van der Waals surface area (Å²) < 4.78 is 1.99. The Labute approximate surface area is 214 Å². The molecule has 2 atom stereocenters. The van der Waals surface area contributed by atoms with Crippen LogP contribution in [0, 0.1) is 11.8 Å². The minimum Gasteiger partial charge on any atom is -0.357 e. The van der Waals surface area contributed by atoms with E-state index in [2.05, 4.69) is 70.8 Å². The Morgan fingerprint density at radius 1 is 1.00 bits per heavy atom. The monoisotopic (exact) mass is 561 g/mol. The van der Waals surface area contributed by atoms with Crippen LogP contribution < -0.4 is 10.6 Å². The molecule has 1 fully saturated rings. The summed E-state index contributed by atoms with van der Waals surface area (Å²) in [5.74, 6) is 3.18. The van der Waals surface area contributed by atoms with Crippen LogP contribution in [0.3, 0.4) is 0 Å². The number of nitrogens with zero attached hydrogens (tertiary/aromatic N) is 5. The first kappa shape index (κ1) is 25.4. The molecule has 1 aromatic carbocycles. The first-order valence-corrected chi connectivity index (χ1v) is 11.7. The van der Waals surface area contributed by atoms with Crippen molar-refractivity contribution in [2.24, 2.45) is 16.8 Å². The molecule has 0 spiro atoms. The molecule has 3 heterocycles. The zero-order valence-corrected chi connectivity index (χ0v) is 22.2. The number of aromatic nitrogens is 3. The second kappa shape index (κ2) is 12.3. The Morgan fingerprint density at radius 3 is 2.48 bits per heavy atom. The second-order valence-corrected chi connectivity index (χ2v) is 9.00. The van der Waals surface area contributed by atoms with Crippen LogP contribution >= 0.6 is 24.0 Å². The molecule has 1 aliphatic heterocycles. The molecule has 4 rings (SSSR count). The van der Waals surface area contributed by atoms with Crippen LogP contribution in [0.5, 0.6) is 0 Å². The predicted molar refractivity (Wildman–Crippen MR) is 145 cm³/mol. The van der Waals surface area contributed by atoms with Gasteiger partial charge in [0.1, 0.15) is 0 Å². The van der Waals surface area contributed by atoms with Gasteiger partial charge >= 0.3 is 0 Å². The van der Waals surface area contributed by atoms with Gasteiger partial charge in [0.2, 0.25) is 0 Å². The quantitative estimate of drug-likeness (QED) is 0.259. The lowest BCUT2D eigenvalue weighted by Crippen LogP contribution is -2.38. The van der Waals surface area contributed by atoms with Gasteiger partial charge < -0.3 is 10.6 Å². The van der Waals surface area contributed by atoms with Gasteiger partial charge in [-0.1, -0.05) is 44.2 Å². The lowest BCUT2D eigenvalue weighted by Gasteiger charge is -2.35. The molecular weight excluding hydrogens is 525 g/mol. The highest BCUT2D eigenvalue weighted by Crippen LogP contribution is 2.23. The van der Waals surface area contributed by atoms with Gasteiger partial charge in [0.15, 0.2) is 17.4 Å². The van der Waals surface area contributed by atoms with E-state index in [1.807, 2.05) is 28.8 Å². The van der Waals surface area contributed by atoms with Gasteiger partial charge in [0, 0.05) is 32.4 Å². The summed E-state index contributed by atoms with van der Waals surface area (Å²) >= 11 is 0. The van der Waals surface area contributed by atoms with Crippen molar-refractivity contribution in [3.05, 3.63) is 65.6 Å². The number of hydrogen-bond donors (Lipinski definition) is 2. The van der Waals surface area contributed by atoms with Crippen LogP contribution in [0.1, 0.15) is 44.1 Å². The van der Waals surface area contributed by atoms with E-state index in [0.29, 0.717) is 13.1 Å². The van der Waals surface area contributed by atoms with Gasteiger partial charge in [-0.25, -0.2) is 4.99 Å². The number of halogens is 1. The molecule has 7 nitrogen and oxygen atoms in total. The average Bonchev–Trinajstić information content (AvgIpc) is 3.19. The first-order valence-electron chi connectivity index (χ1n) is 11.7. The maximum atomic E-state index is 4.87. The summed E-state index contributed by atoms with van der Waals surface area (Å²) in [5, 5.41) is 15.3. The van der Waals surface area contributed by atoms with Crippen LogP contribution in [-0.2, 0) is 19.6 Å². The van der Waals surface area contributed by atoms with Crippen LogP contribution in [-0.4, -0.2) is 45.1 Å². The molecule has 2 N–H and O–H groups in total. The first-order chi connectivity index (χ1) is 15.6. The smallest absolute Gasteiger partial charge is 0.191 e. The summed E-state index contributed by atoms with van der Waals surface area (Å²) in [5.41, 5.74) is 3.50. The van der Waals surface area contributed by atoms with Crippen molar-refractivity contribution in [2.75, 3.05) is 19.6 Å². The molecule has 0 saturated carbocycles. The molecule has 0 bridgehead atoms. The number of aliphatic imine (C=N–C) groups is 1. The number of likely N-dealkylation sites (tertiary alicyclic amines) is 1. The number of fused-ring (bicyclic) bond motifs is 1. The Balaban J connectivity index is 0.00000306. The molecule has 1 saturated heterocycles. The molecule has 8 heteroatoms. The number of guanidine groups is 1. The molecule has 3 aromatic rings. The SMILES string of the molecule is CCNC(=NCc1ccccc1CN1CC(C)CC(C)C1)NCc1nnc2ccccn12.I. The van der Waals surface area contributed by atoms with E-state index in [-0.39, 0.29) is 24.0 Å². The highest BCUT2D eigenvalue weighted by Gasteiger charge is 2.22. The van der Waals surface area contributed by atoms with Crippen molar-refractivity contribution < 1.29 is 0 Å². The van der Waals surface area contributed by atoms with Gasteiger partial charge in [0.05, 0.1) is 13.1 Å². The van der Waals surface area contributed by atoms with Crippen molar-refractivity contribution in [1.29, 1.82) is 0 Å². The minimum atomic E-state index is 0. The fourth-order valence-corrected chi connectivity index (χ4v) is 4.71. The topological polar surface area (TPSA) is 69.8 Å². The number of nitrogens with one attached hydrogen (secondary N) is 2. The van der Waals surface area contributed by atoms with Gasteiger partial charge in [-0.2, -0.15) is 0 Å². The Kier molecular flexibility index (Phi) is 9.49. The third kappa shape index (κ3) is 6.89. The van der Waals surface area contributed by atoms with E-state index in [4.69, 9.17) is 4.99 Å².